The SMILES string of the molecule is COCCOCC(O)CN1CCC(C(=O)OC)C1. The molecule has 0 aromatic carbocycles. The van der Waals surface area contributed by atoms with E-state index in [2.05, 4.69) is 4.90 Å². The molecule has 1 aliphatic rings. The molecule has 1 saturated heterocycles. The van der Waals surface area contributed by atoms with Crippen molar-refractivity contribution in [2.24, 2.45) is 5.92 Å². The predicted molar refractivity (Wildman–Crippen MR) is 65.3 cm³/mol. The lowest BCUT2D eigenvalue weighted by Crippen LogP contribution is -2.34. The van der Waals surface area contributed by atoms with Gasteiger partial charge in [-0.3, -0.25) is 9.69 Å². The number of carbonyl (C=O) groups is 1. The third-order valence-corrected chi connectivity index (χ3v) is 3.02. The smallest absolute Gasteiger partial charge is 0.310 e. The fourth-order valence-corrected chi connectivity index (χ4v) is 2.07. The van der Waals surface area contributed by atoms with E-state index in [1.54, 1.807) is 7.11 Å². The van der Waals surface area contributed by atoms with E-state index in [1.807, 2.05) is 0 Å². The molecule has 0 radical (unpaired) electrons. The van der Waals surface area contributed by atoms with Crippen LogP contribution in [0.15, 0.2) is 0 Å². The maximum atomic E-state index is 11.3. The second-order valence-corrected chi connectivity index (χ2v) is 4.49. The second-order valence-electron chi connectivity index (χ2n) is 4.49. The van der Waals surface area contributed by atoms with Crippen LogP contribution < -0.4 is 0 Å². The van der Waals surface area contributed by atoms with Crippen LogP contribution >= 0.6 is 0 Å². The van der Waals surface area contributed by atoms with E-state index in [0.29, 0.717) is 32.9 Å². The van der Waals surface area contributed by atoms with Crippen molar-refractivity contribution in [2.45, 2.75) is 12.5 Å². The summed E-state index contributed by atoms with van der Waals surface area (Å²) in [4.78, 5) is 13.4. The van der Waals surface area contributed by atoms with Gasteiger partial charge in [0, 0.05) is 20.2 Å². The Balaban J connectivity index is 2.13. The number of ether oxygens (including phenoxy) is 3. The highest BCUT2D eigenvalue weighted by Gasteiger charge is 2.29. The molecule has 1 fully saturated rings. The Hall–Kier alpha value is -0.690. The molecule has 6 heteroatoms. The summed E-state index contributed by atoms with van der Waals surface area (Å²) in [5.74, 6) is -0.222. The fraction of sp³-hybridized carbons (Fsp3) is 0.917. The van der Waals surface area contributed by atoms with Crippen LogP contribution in [0.2, 0.25) is 0 Å². The number of nitrogens with zero attached hydrogens (tertiary/aromatic N) is 1. The molecule has 2 atom stereocenters. The third-order valence-electron chi connectivity index (χ3n) is 3.02. The van der Waals surface area contributed by atoms with Crippen LogP contribution in [-0.4, -0.2) is 75.8 Å². The largest absolute Gasteiger partial charge is 0.469 e. The van der Waals surface area contributed by atoms with Gasteiger partial charge in [0.2, 0.25) is 0 Å². The number of hydrogen-bond donors (Lipinski definition) is 1. The number of esters is 1. The average molecular weight is 261 g/mol. The summed E-state index contributed by atoms with van der Waals surface area (Å²) in [6, 6.07) is 0. The Morgan fingerprint density at radius 3 is 2.89 bits per heavy atom. The van der Waals surface area contributed by atoms with Crippen molar-refractivity contribution in [3.8, 4) is 0 Å². The summed E-state index contributed by atoms with van der Waals surface area (Å²) < 4.78 is 14.8. The van der Waals surface area contributed by atoms with Gasteiger partial charge in [-0.1, -0.05) is 0 Å². The topological polar surface area (TPSA) is 68.2 Å². The molecule has 0 spiro atoms. The minimum atomic E-state index is -0.529. The van der Waals surface area contributed by atoms with Crippen molar-refractivity contribution in [1.29, 1.82) is 0 Å². The molecule has 1 heterocycles. The molecule has 6 nitrogen and oxygen atoms in total. The molecular formula is C12H23NO5. The van der Waals surface area contributed by atoms with Gasteiger partial charge in [0.05, 0.1) is 39.0 Å². The van der Waals surface area contributed by atoms with Crippen molar-refractivity contribution in [3.63, 3.8) is 0 Å². The highest BCUT2D eigenvalue weighted by molar-refractivity contribution is 5.72. The van der Waals surface area contributed by atoms with Gasteiger partial charge in [-0.2, -0.15) is 0 Å². The van der Waals surface area contributed by atoms with Gasteiger partial charge >= 0.3 is 5.97 Å². The molecule has 0 aliphatic carbocycles. The molecule has 0 amide bonds. The molecule has 1 aliphatic heterocycles. The van der Waals surface area contributed by atoms with E-state index in [-0.39, 0.29) is 11.9 Å². The van der Waals surface area contributed by atoms with Gasteiger partial charge in [-0.25, -0.2) is 0 Å². The number of aliphatic hydroxyl groups excluding tert-OH is 1. The quantitative estimate of drug-likeness (QED) is 0.469. The summed E-state index contributed by atoms with van der Waals surface area (Å²) >= 11 is 0. The molecule has 1 N–H and O–H groups in total. The van der Waals surface area contributed by atoms with E-state index in [9.17, 15) is 9.90 Å². The zero-order chi connectivity index (χ0) is 13.4. The van der Waals surface area contributed by atoms with Crippen molar-refractivity contribution in [1.82, 2.24) is 4.90 Å². The van der Waals surface area contributed by atoms with Crippen LogP contribution in [-0.2, 0) is 19.0 Å². The van der Waals surface area contributed by atoms with Crippen molar-refractivity contribution >= 4 is 5.97 Å². The number of likely N-dealkylation sites (tertiary alicyclic amines) is 1. The average Bonchev–Trinajstić information content (AvgIpc) is 2.82. The van der Waals surface area contributed by atoms with Gasteiger partial charge in [0.1, 0.15) is 0 Å². The molecule has 106 valence electrons. The van der Waals surface area contributed by atoms with Crippen molar-refractivity contribution < 1.29 is 24.1 Å². The summed E-state index contributed by atoms with van der Waals surface area (Å²) in [5, 5.41) is 9.77. The molecule has 0 saturated carbocycles. The molecule has 0 aromatic heterocycles. The molecule has 0 bridgehead atoms. The second kappa shape index (κ2) is 8.42. The van der Waals surface area contributed by atoms with Crippen LogP contribution in [0.3, 0.4) is 0 Å². The van der Waals surface area contributed by atoms with Gasteiger partial charge in [0.25, 0.3) is 0 Å². The standard InChI is InChI=1S/C12H23NO5/c1-16-5-6-18-9-11(14)8-13-4-3-10(7-13)12(15)17-2/h10-11,14H,3-9H2,1-2H3. The van der Waals surface area contributed by atoms with Crippen LogP contribution in [0.5, 0.6) is 0 Å². The molecule has 1 rings (SSSR count). The van der Waals surface area contributed by atoms with Crippen molar-refractivity contribution in [3.05, 3.63) is 0 Å². The summed E-state index contributed by atoms with van der Waals surface area (Å²) in [7, 11) is 3.01. The Bertz CT molecular complexity index is 249. The van der Waals surface area contributed by atoms with Crippen LogP contribution in [0, 0.1) is 5.92 Å². The first-order valence-corrected chi connectivity index (χ1v) is 6.22. The number of aliphatic hydroxyl groups is 1. The van der Waals surface area contributed by atoms with E-state index >= 15 is 0 Å². The zero-order valence-electron chi connectivity index (χ0n) is 11.1. The number of β-amino-alcohol motifs (C(OH)–C–C–N with tert-alkyl or cyclic N) is 1. The lowest BCUT2D eigenvalue weighted by atomic mass is 10.1. The normalized spacial score (nSPS) is 22.1. The number of rotatable bonds is 8. The highest BCUT2D eigenvalue weighted by Crippen LogP contribution is 2.17. The zero-order valence-corrected chi connectivity index (χ0v) is 11.1. The monoisotopic (exact) mass is 261 g/mol. The van der Waals surface area contributed by atoms with Gasteiger partial charge in [-0.15, -0.1) is 0 Å². The predicted octanol–water partition coefficient (Wildman–Crippen LogP) is -0.495. The van der Waals surface area contributed by atoms with E-state index < -0.39 is 6.10 Å². The maximum Gasteiger partial charge on any atom is 0.310 e. The minimum absolute atomic E-state index is 0.0587. The van der Waals surface area contributed by atoms with E-state index in [0.717, 1.165) is 13.0 Å². The first kappa shape index (κ1) is 15.4. The summed E-state index contributed by atoms with van der Waals surface area (Å²) in [6.07, 6.45) is 0.266. The highest BCUT2D eigenvalue weighted by atomic mass is 16.5. The number of carbonyl (C=O) groups excluding carboxylic acids is 1. The van der Waals surface area contributed by atoms with E-state index in [1.165, 1.54) is 7.11 Å². The fourth-order valence-electron chi connectivity index (χ4n) is 2.07. The number of methoxy groups -OCH3 is 2. The lowest BCUT2D eigenvalue weighted by Gasteiger charge is -2.19. The van der Waals surface area contributed by atoms with Crippen LogP contribution in [0.25, 0.3) is 0 Å². The minimum Gasteiger partial charge on any atom is -0.469 e. The van der Waals surface area contributed by atoms with Gasteiger partial charge in [0.15, 0.2) is 0 Å². The summed E-state index contributed by atoms with van der Waals surface area (Å²) in [6.45, 7) is 3.30. The van der Waals surface area contributed by atoms with Gasteiger partial charge in [-0.05, 0) is 13.0 Å². The lowest BCUT2D eigenvalue weighted by molar-refractivity contribution is -0.145. The molecule has 0 aromatic rings. The summed E-state index contributed by atoms with van der Waals surface area (Å²) in [5.41, 5.74) is 0. The molecular weight excluding hydrogens is 238 g/mol. The van der Waals surface area contributed by atoms with Crippen LogP contribution in [0.4, 0.5) is 0 Å². The first-order valence-electron chi connectivity index (χ1n) is 6.22. The Morgan fingerprint density at radius 2 is 2.22 bits per heavy atom. The molecule has 2 unspecified atom stereocenters. The third kappa shape index (κ3) is 5.30. The maximum absolute atomic E-state index is 11.3. The Morgan fingerprint density at radius 1 is 1.44 bits per heavy atom. The van der Waals surface area contributed by atoms with E-state index in [4.69, 9.17) is 14.2 Å². The Labute approximate surface area is 108 Å². The first-order chi connectivity index (χ1) is 8.67. The number of hydrogen-bond acceptors (Lipinski definition) is 6. The molecule has 18 heavy (non-hydrogen) atoms. The Kier molecular flexibility index (Phi) is 7.19. The van der Waals surface area contributed by atoms with Crippen molar-refractivity contribution in [2.75, 3.05) is 53.7 Å². The van der Waals surface area contributed by atoms with Gasteiger partial charge < -0.3 is 19.3 Å². The van der Waals surface area contributed by atoms with Crippen LogP contribution in [0.1, 0.15) is 6.42 Å².